The molecule has 11 heteroatoms. The van der Waals surface area contributed by atoms with E-state index in [1.807, 2.05) is 0 Å². The Hall–Kier alpha value is -3.61. The molecule has 1 aliphatic heterocycles. The van der Waals surface area contributed by atoms with E-state index in [1.165, 1.54) is 24.3 Å². The number of phenols is 3. The molecule has 0 saturated carbocycles. The lowest BCUT2D eigenvalue weighted by atomic mass is 9.99. The summed E-state index contributed by atoms with van der Waals surface area (Å²) in [6, 6.07) is 8.19. The number of benzene rings is 2. The fraction of sp³-hybridized carbons (Fsp3) is 0.261. The van der Waals surface area contributed by atoms with Crippen LogP contribution in [0.15, 0.2) is 51.9 Å². The third kappa shape index (κ3) is 4.30. The zero-order chi connectivity index (χ0) is 24.6. The first kappa shape index (κ1) is 23.5. The van der Waals surface area contributed by atoms with Crippen molar-refractivity contribution in [2.45, 2.75) is 30.7 Å². The molecule has 4 rings (SSSR count). The monoisotopic (exact) mass is 474 g/mol. The van der Waals surface area contributed by atoms with Gasteiger partial charge in [0.15, 0.2) is 5.43 Å². The first-order valence-corrected chi connectivity index (χ1v) is 10.2. The summed E-state index contributed by atoms with van der Waals surface area (Å²) in [5.41, 5.74) is -0.377. The van der Waals surface area contributed by atoms with Crippen LogP contribution in [-0.2, 0) is 9.47 Å². The maximum absolute atomic E-state index is 12.7. The zero-order valence-corrected chi connectivity index (χ0v) is 17.5. The van der Waals surface area contributed by atoms with Gasteiger partial charge in [-0.2, -0.15) is 0 Å². The van der Waals surface area contributed by atoms with Gasteiger partial charge in [-0.3, -0.25) is 4.79 Å². The molecule has 2 heterocycles. The smallest absolute Gasteiger partial charge is 0.228 e. The Labute approximate surface area is 191 Å². The standard InChI is InChI=1S/C23H22O11/c24-9-17-20(29)21(30)22(31)23(34-17)32-6-5-12-13(26)7-16-18(19(12)28)14(27)8-15(33-16)10-1-3-11(25)4-2-10/h1-8,17,20-26,28-31H,9H2. The number of aliphatic hydroxyl groups excluding tert-OH is 4. The summed E-state index contributed by atoms with van der Waals surface area (Å²) >= 11 is 0. The number of aromatic hydroxyl groups is 3. The molecule has 180 valence electrons. The van der Waals surface area contributed by atoms with Crippen LogP contribution in [0.1, 0.15) is 5.56 Å². The Bertz CT molecular complexity index is 1260. The molecular weight excluding hydrogens is 452 g/mol. The van der Waals surface area contributed by atoms with E-state index in [0.29, 0.717) is 5.56 Å². The SMILES string of the molecule is O=c1cc(-c2ccc(O)cc2)oc2cc(O)c(C=COC3OC(CO)C(O)C(O)C3O)c(O)c12. The summed E-state index contributed by atoms with van der Waals surface area (Å²) in [4.78, 5) is 12.7. The lowest BCUT2D eigenvalue weighted by molar-refractivity contribution is -0.287. The van der Waals surface area contributed by atoms with Crippen molar-refractivity contribution in [2.75, 3.05) is 6.61 Å². The van der Waals surface area contributed by atoms with E-state index in [9.17, 15) is 40.5 Å². The molecular formula is C23H22O11. The lowest BCUT2D eigenvalue weighted by Crippen LogP contribution is -2.58. The molecule has 1 fully saturated rings. The Morgan fingerprint density at radius 2 is 1.68 bits per heavy atom. The van der Waals surface area contributed by atoms with Crippen molar-refractivity contribution in [3.63, 3.8) is 0 Å². The number of aliphatic hydroxyl groups is 4. The summed E-state index contributed by atoms with van der Waals surface area (Å²) in [5, 5.41) is 69.0. The van der Waals surface area contributed by atoms with Gasteiger partial charge in [-0.05, 0) is 30.3 Å². The molecule has 0 bridgehead atoms. The summed E-state index contributed by atoms with van der Waals surface area (Å²) in [6.07, 6.45) is -5.44. The van der Waals surface area contributed by atoms with Crippen LogP contribution in [0, 0.1) is 0 Å². The van der Waals surface area contributed by atoms with Gasteiger partial charge in [0, 0.05) is 17.7 Å². The molecule has 5 atom stereocenters. The minimum Gasteiger partial charge on any atom is -0.508 e. The van der Waals surface area contributed by atoms with Gasteiger partial charge >= 0.3 is 0 Å². The molecule has 5 unspecified atom stereocenters. The minimum absolute atomic E-state index is 0.0320. The Morgan fingerprint density at radius 1 is 0.971 bits per heavy atom. The summed E-state index contributed by atoms with van der Waals surface area (Å²) in [5.74, 6) is -0.852. The van der Waals surface area contributed by atoms with Crippen LogP contribution in [0.5, 0.6) is 17.2 Å². The number of rotatable bonds is 5. The van der Waals surface area contributed by atoms with E-state index in [0.717, 1.165) is 24.5 Å². The van der Waals surface area contributed by atoms with E-state index < -0.39 is 54.2 Å². The predicted octanol–water partition coefficient (Wildman–Crippen LogP) is 0.364. The van der Waals surface area contributed by atoms with Crippen molar-refractivity contribution in [3.05, 3.63) is 58.4 Å². The third-order valence-electron chi connectivity index (χ3n) is 5.46. The molecule has 1 aromatic heterocycles. The van der Waals surface area contributed by atoms with Crippen LogP contribution >= 0.6 is 0 Å². The minimum atomic E-state index is -1.65. The lowest BCUT2D eigenvalue weighted by Gasteiger charge is -2.39. The van der Waals surface area contributed by atoms with Crippen LogP contribution in [0.3, 0.4) is 0 Å². The van der Waals surface area contributed by atoms with E-state index in [2.05, 4.69) is 0 Å². The Kier molecular flexibility index (Phi) is 6.46. The maximum Gasteiger partial charge on any atom is 0.228 e. The van der Waals surface area contributed by atoms with Crippen molar-refractivity contribution in [1.29, 1.82) is 0 Å². The van der Waals surface area contributed by atoms with Crippen molar-refractivity contribution >= 4 is 17.0 Å². The molecule has 0 radical (unpaired) electrons. The van der Waals surface area contributed by atoms with Crippen molar-refractivity contribution in [3.8, 4) is 28.6 Å². The topological polar surface area (TPSA) is 190 Å². The number of hydrogen-bond acceptors (Lipinski definition) is 11. The van der Waals surface area contributed by atoms with Crippen molar-refractivity contribution in [2.24, 2.45) is 0 Å². The number of phenolic OH excluding ortho intramolecular Hbond substituents is 3. The number of fused-ring (bicyclic) bond motifs is 1. The molecule has 7 N–H and O–H groups in total. The normalized spacial score (nSPS) is 25.1. The van der Waals surface area contributed by atoms with Gasteiger partial charge < -0.3 is 49.6 Å². The largest absolute Gasteiger partial charge is 0.508 e. The van der Waals surface area contributed by atoms with Crippen LogP contribution in [0.2, 0.25) is 0 Å². The molecule has 0 aliphatic carbocycles. The fourth-order valence-corrected chi connectivity index (χ4v) is 3.60. The molecule has 1 saturated heterocycles. The highest BCUT2D eigenvalue weighted by atomic mass is 16.7. The van der Waals surface area contributed by atoms with Gasteiger partial charge in [-0.25, -0.2) is 0 Å². The molecule has 2 aromatic carbocycles. The highest BCUT2D eigenvalue weighted by Gasteiger charge is 2.44. The predicted molar refractivity (Wildman–Crippen MR) is 117 cm³/mol. The highest BCUT2D eigenvalue weighted by molar-refractivity contribution is 5.90. The van der Waals surface area contributed by atoms with Crippen LogP contribution < -0.4 is 5.43 Å². The summed E-state index contributed by atoms with van der Waals surface area (Å²) in [7, 11) is 0. The van der Waals surface area contributed by atoms with Gasteiger partial charge in [0.05, 0.1) is 18.4 Å². The maximum atomic E-state index is 12.7. The van der Waals surface area contributed by atoms with Gasteiger partial charge in [0.2, 0.25) is 6.29 Å². The first-order valence-electron chi connectivity index (χ1n) is 10.2. The average molecular weight is 474 g/mol. The number of hydrogen-bond donors (Lipinski definition) is 7. The van der Waals surface area contributed by atoms with E-state index in [1.54, 1.807) is 0 Å². The van der Waals surface area contributed by atoms with E-state index in [-0.39, 0.29) is 28.0 Å². The zero-order valence-electron chi connectivity index (χ0n) is 17.5. The second kappa shape index (κ2) is 9.33. The molecule has 1 aliphatic rings. The molecule has 0 amide bonds. The second-order valence-corrected chi connectivity index (χ2v) is 7.69. The van der Waals surface area contributed by atoms with Gasteiger partial charge in [-0.15, -0.1) is 0 Å². The van der Waals surface area contributed by atoms with Crippen molar-refractivity contribution in [1.82, 2.24) is 0 Å². The quantitative estimate of drug-likeness (QED) is 0.253. The molecule has 34 heavy (non-hydrogen) atoms. The van der Waals surface area contributed by atoms with Gasteiger partial charge in [-0.1, -0.05) is 0 Å². The van der Waals surface area contributed by atoms with Gasteiger partial charge in [0.1, 0.15) is 58.4 Å². The molecule has 0 spiro atoms. The summed E-state index contributed by atoms with van der Waals surface area (Å²) < 4.78 is 16.1. The van der Waals surface area contributed by atoms with Crippen LogP contribution in [0.25, 0.3) is 28.4 Å². The van der Waals surface area contributed by atoms with E-state index >= 15 is 0 Å². The number of ether oxygens (including phenoxy) is 2. The molecule has 3 aromatic rings. The van der Waals surface area contributed by atoms with Crippen molar-refractivity contribution < 1.29 is 49.6 Å². The van der Waals surface area contributed by atoms with E-state index in [4.69, 9.17) is 13.9 Å². The Balaban J connectivity index is 1.63. The average Bonchev–Trinajstić information content (AvgIpc) is 2.81. The Morgan fingerprint density at radius 3 is 2.35 bits per heavy atom. The van der Waals surface area contributed by atoms with Crippen LogP contribution in [0.4, 0.5) is 0 Å². The van der Waals surface area contributed by atoms with Crippen LogP contribution in [-0.4, -0.2) is 73.1 Å². The third-order valence-corrected chi connectivity index (χ3v) is 5.46. The fourth-order valence-electron chi connectivity index (χ4n) is 3.60. The highest BCUT2D eigenvalue weighted by Crippen LogP contribution is 2.36. The molecule has 11 nitrogen and oxygen atoms in total. The summed E-state index contributed by atoms with van der Waals surface area (Å²) in [6.45, 7) is -0.636. The second-order valence-electron chi connectivity index (χ2n) is 7.69. The van der Waals surface area contributed by atoms with Gasteiger partial charge in [0.25, 0.3) is 0 Å². The first-order chi connectivity index (χ1) is 16.2.